The van der Waals surface area contributed by atoms with Crippen LogP contribution in [0.3, 0.4) is 0 Å². The molecule has 1 rings (SSSR count). The second kappa shape index (κ2) is 3.87. The van der Waals surface area contributed by atoms with Gasteiger partial charge in [-0.3, -0.25) is 0 Å². The molecule has 0 aromatic carbocycles. The fourth-order valence-corrected chi connectivity index (χ4v) is 1.51. The summed E-state index contributed by atoms with van der Waals surface area (Å²) in [5.74, 6) is 0.561. The molecule has 0 aromatic rings. The van der Waals surface area contributed by atoms with Crippen molar-refractivity contribution in [2.75, 3.05) is 0 Å². The van der Waals surface area contributed by atoms with Crippen LogP contribution < -0.4 is 5.73 Å². The molecule has 4 unspecified atom stereocenters. The average Bonchev–Trinajstić information content (AvgIpc) is 2.04. The van der Waals surface area contributed by atoms with Gasteiger partial charge in [0.05, 0.1) is 6.10 Å². The van der Waals surface area contributed by atoms with Crippen molar-refractivity contribution in [1.29, 1.82) is 0 Å². The molecule has 0 saturated heterocycles. The van der Waals surface area contributed by atoms with E-state index in [1.54, 1.807) is 0 Å². The van der Waals surface area contributed by atoms with Gasteiger partial charge in [0.1, 0.15) is 0 Å². The van der Waals surface area contributed by atoms with Gasteiger partial charge >= 0.3 is 0 Å². The summed E-state index contributed by atoms with van der Waals surface area (Å²) in [5.41, 5.74) is 5.62. The minimum atomic E-state index is -0.429. The van der Waals surface area contributed by atoms with Gasteiger partial charge in [0, 0.05) is 12.0 Å². The molecule has 0 bridgehead atoms. The van der Waals surface area contributed by atoms with Crippen LogP contribution in [0.4, 0.5) is 0 Å². The molecule has 4 atom stereocenters. The van der Waals surface area contributed by atoms with Crippen molar-refractivity contribution in [2.24, 2.45) is 17.6 Å². The smallest absolute Gasteiger partial charge is 0.0756 e. The Bertz CT molecular complexity index is 196. The van der Waals surface area contributed by atoms with E-state index in [1.807, 2.05) is 25.2 Å². The molecule has 0 aliphatic heterocycles. The zero-order valence-electron chi connectivity index (χ0n) is 7.64. The van der Waals surface area contributed by atoms with E-state index in [9.17, 15) is 5.11 Å². The van der Waals surface area contributed by atoms with Gasteiger partial charge in [-0.2, -0.15) is 0 Å². The standard InChI is InChI=1S/C10H17NO/c1-7-5-3-4-6-9(7)10(12)8(2)11/h3-10,12H,11H2,1-2H3. The predicted molar refractivity (Wildman–Crippen MR) is 50.6 cm³/mol. The van der Waals surface area contributed by atoms with Gasteiger partial charge in [-0.25, -0.2) is 0 Å². The van der Waals surface area contributed by atoms with E-state index in [1.165, 1.54) is 0 Å². The van der Waals surface area contributed by atoms with E-state index >= 15 is 0 Å². The Hall–Kier alpha value is -0.600. The van der Waals surface area contributed by atoms with Crippen LogP contribution in [0.2, 0.25) is 0 Å². The molecule has 0 fully saturated rings. The lowest BCUT2D eigenvalue weighted by Crippen LogP contribution is -2.39. The second-order valence-corrected chi connectivity index (χ2v) is 3.56. The van der Waals surface area contributed by atoms with Crippen LogP contribution in [-0.4, -0.2) is 17.3 Å². The molecule has 2 nitrogen and oxygen atoms in total. The first-order valence-corrected chi connectivity index (χ1v) is 4.41. The minimum absolute atomic E-state index is 0.159. The highest BCUT2D eigenvalue weighted by atomic mass is 16.3. The predicted octanol–water partition coefficient (Wildman–Crippen LogP) is 1.07. The van der Waals surface area contributed by atoms with E-state index < -0.39 is 6.10 Å². The minimum Gasteiger partial charge on any atom is -0.391 e. The number of allylic oxidation sites excluding steroid dienone is 3. The van der Waals surface area contributed by atoms with Crippen LogP contribution in [0, 0.1) is 11.8 Å². The summed E-state index contributed by atoms with van der Waals surface area (Å²) in [6, 6.07) is -0.159. The lowest BCUT2D eigenvalue weighted by molar-refractivity contribution is 0.0921. The Labute approximate surface area is 73.8 Å². The van der Waals surface area contributed by atoms with Gasteiger partial charge in [0.2, 0.25) is 0 Å². The summed E-state index contributed by atoms with van der Waals surface area (Å²) in [6.07, 6.45) is 7.67. The van der Waals surface area contributed by atoms with Gasteiger partial charge < -0.3 is 10.8 Å². The second-order valence-electron chi connectivity index (χ2n) is 3.56. The van der Waals surface area contributed by atoms with Crippen molar-refractivity contribution in [3.8, 4) is 0 Å². The Morgan fingerprint density at radius 3 is 2.42 bits per heavy atom. The van der Waals surface area contributed by atoms with Crippen LogP contribution >= 0.6 is 0 Å². The van der Waals surface area contributed by atoms with E-state index in [0.29, 0.717) is 5.92 Å². The maximum atomic E-state index is 9.71. The van der Waals surface area contributed by atoms with Crippen molar-refractivity contribution in [1.82, 2.24) is 0 Å². The highest BCUT2D eigenvalue weighted by Gasteiger charge is 2.24. The maximum absolute atomic E-state index is 9.71. The summed E-state index contributed by atoms with van der Waals surface area (Å²) in [5, 5.41) is 9.71. The molecule has 1 aliphatic carbocycles. The van der Waals surface area contributed by atoms with Crippen LogP contribution in [-0.2, 0) is 0 Å². The van der Waals surface area contributed by atoms with Crippen LogP contribution in [0.25, 0.3) is 0 Å². The molecule has 0 radical (unpaired) electrons. The summed E-state index contributed by atoms with van der Waals surface area (Å²) in [6.45, 7) is 3.93. The van der Waals surface area contributed by atoms with Gasteiger partial charge in [0.15, 0.2) is 0 Å². The molecule has 12 heavy (non-hydrogen) atoms. The third-order valence-electron chi connectivity index (χ3n) is 2.40. The quantitative estimate of drug-likeness (QED) is 0.646. The molecule has 0 amide bonds. The Kier molecular flexibility index (Phi) is 3.06. The number of aliphatic hydroxyl groups excluding tert-OH is 1. The van der Waals surface area contributed by atoms with Gasteiger partial charge in [-0.15, -0.1) is 0 Å². The van der Waals surface area contributed by atoms with Gasteiger partial charge in [-0.05, 0) is 12.8 Å². The molecule has 2 heteroatoms. The monoisotopic (exact) mass is 167 g/mol. The summed E-state index contributed by atoms with van der Waals surface area (Å²) in [7, 11) is 0. The first-order chi connectivity index (χ1) is 5.63. The average molecular weight is 167 g/mol. The van der Waals surface area contributed by atoms with E-state index in [-0.39, 0.29) is 12.0 Å². The molecule has 0 heterocycles. The van der Waals surface area contributed by atoms with Crippen LogP contribution in [0.1, 0.15) is 13.8 Å². The zero-order chi connectivity index (χ0) is 9.14. The first-order valence-electron chi connectivity index (χ1n) is 4.41. The third kappa shape index (κ3) is 1.96. The van der Waals surface area contributed by atoms with Crippen molar-refractivity contribution in [3.63, 3.8) is 0 Å². The Morgan fingerprint density at radius 1 is 1.33 bits per heavy atom. The number of hydrogen-bond acceptors (Lipinski definition) is 2. The maximum Gasteiger partial charge on any atom is 0.0756 e. The summed E-state index contributed by atoms with van der Waals surface area (Å²) in [4.78, 5) is 0. The lowest BCUT2D eigenvalue weighted by atomic mass is 9.83. The Balaban J connectivity index is 2.62. The van der Waals surface area contributed by atoms with Crippen LogP contribution in [0.5, 0.6) is 0 Å². The number of hydrogen-bond donors (Lipinski definition) is 2. The molecule has 0 aromatic heterocycles. The van der Waals surface area contributed by atoms with Crippen molar-refractivity contribution in [3.05, 3.63) is 24.3 Å². The highest BCUT2D eigenvalue weighted by molar-refractivity contribution is 5.15. The number of nitrogens with two attached hydrogens (primary N) is 1. The molecular formula is C10H17NO. The third-order valence-corrected chi connectivity index (χ3v) is 2.40. The molecule has 3 N–H and O–H groups in total. The molecule has 1 aliphatic rings. The van der Waals surface area contributed by atoms with Gasteiger partial charge in [-0.1, -0.05) is 31.2 Å². The normalized spacial score (nSPS) is 33.3. The summed E-state index contributed by atoms with van der Waals surface area (Å²) < 4.78 is 0. The van der Waals surface area contributed by atoms with Crippen LogP contribution in [0.15, 0.2) is 24.3 Å². The lowest BCUT2D eigenvalue weighted by Gasteiger charge is -2.28. The van der Waals surface area contributed by atoms with Crippen molar-refractivity contribution in [2.45, 2.75) is 26.0 Å². The first kappa shape index (κ1) is 9.49. The molecule has 68 valence electrons. The summed E-state index contributed by atoms with van der Waals surface area (Å²) >= 11 is 0. The van der Waals surface area contributed by atoms with E-state index in [4.69, 9.17) is 5.73 Å². The number of aliphatic hydroxyl groups is 1. The zero-order valence-corrected chi connectivity index (χ0v) is 7.64. The fourth-order valence-electron chi connectivity index (χ4n) is 1.51. The SMILES string of the molecule is CC(N)C(O)C1C=CC=CC1C. The largest absolute Gasteiger partial charge is 0.391 e. The Morgan fingerprint density at radius 2 is 1.92 bits per heavy atom. The highest BCUT2D eigenvalue weighted by Crippen LogP contribution is 2.23. The van der Waals surface area contributed by atoms with Crippen molar-refractivity contribution < 1.29 is 5.11 Å². The molecule has 0 spiro atoms. The molecule has 0 saturated carbocycles. The number of rotatable bonds is 2. The van der Waals surface area contributed by atoms with Crippen molar-refractivity contribution >= 4 is 0 Å². The van der Waals surface area contributed by atoms with E-state index in [2.05, 4.69) is 13.0 Å². The fraction of sp³-hybridized carbons (Fsp3) is 0.600. The topological polar surface area (TPSA) is 46.2 Å². The van der Waals surface area contributed by atoms with Gasteiger partial charge in [0.25, 0.3) is 0 Å². The molecular weight excluding hydrogens is 150 g/mol. The van der Waals surface area contributed by atoms with E-state index in [0.717, 1.165) is 0 Å².